The van der Waals surface area contributed by atoms with Crippen molar-refractivity contribution in [2.75, 3.05) is 27.3 Å². The number of fused-ring (bicyclic) bond motifs is 1. The van der Waals surface area contributed by atoms with Gasteiger partial charge in [-0.25, -0.2) is 4.39 Å². The van der Waals surface area contributed by atoms with Crippen molar-refractivity contribution < 1.29 is 23.8 Å². The molecule has 29 heavy (non-hydrogen) atoms. The lowest BCUT2D eigenvalue weighted by molar-refractivity contribution is -0.142. The summed E-state index contributed by atoms with van der Waals surface area (Å²) in [6.07, 6.45) is 2.59. The molecule has 1 saturated heterocycles. The van der Waals surface area contributed by atoms with Crippen molar-refractivity contribution in [2.24, 2.45) is 11.8 Å². The van der Waals surface area contributed by atoms with Crippen LogP contribution < -0.4 is 10.1 Å². The van der Waals surface area contributed by atoms with Crippen LogP contribution in [0.5, 0.6) is 5.75 Å². The highest BCUT2D eigenvalue weighted by Crippen LogP contribution is 2.34. The van der Waals surface area contributed by atoms with Gasteiger partial charge in [0.05, 0.1) is 32.0 Å². The van der Waals surface area contributed by atoms with Gasteiger partial charge < -0.3 is 19.9 Å². The molecule has 0 radical (unpaired) electrons. The number of nitrogens with one attached hydrogen (secondary N) is 1. The molecule has 0 aliphatic carbocycles. The molecular weight excluding hydrogens is 399 g/mol. The van der Waals surface area contributed by atoms with Crippen molar-refractivity contribution >= 4 is 29.3 Å². The Bertz CT molecular complexity index is 836. The van der Waals surface area contributed by atoms with Gasteiger partial charge in [-0.2, -0.15) is 0 Å². The van der Waals surface area contributed by atoms with Crippen LogP contribution >= 0.6 is 12.4 Å². The Morgan fingerprint density at radius 2 is 2.17 bits per heavy atom. The first-order valence-electron chi connectivity index (χ1n) is 9.61. The number of aliphatic hydroxyl groups excluding tert-OH is 1. The fraction of sp³-hybridized carbons (Fsp3) is 0.524. The third-order valence-electron chi connectivity index (χ3n) is 5.63. The van der Waals surface area contributed by atoms with Gasteiger partial charge in [0, 0.05) is 17.4 Å². The number of nitrogens with zero attached hydrogens (tertiary/aromatic N) is 1. The van der Waals surface area contributed by atoms with E-state index in [0.29, 0.717) is 35.9 Å². The maximum Gasteiger partial charge on any atom is 0.305 e. The highest BCUT2D eigenvalue weighted by molar-refractivity contribution is 5.85. The Morgan fingerprint density at radius 3 is 2.90 bits per heavy atom. The van der Waals surface area contributed by atoms with Crippen molar-refractivity contribution in [2.45, 2.75) is 31.8 Å². The van der Waals surface area contributed by atoms with Gasteiger partial charge in [-0.15, -0.1) is 12.4 Å². The summed E-state index contributed by atoms with van der Waals surface area (Å²) in [5, 5.41) is 14.7. The van der Waals surface area contributed by atoms with Crippen LogP contribution in [0.25, 0.3) is 10.9 Å². The SMILES string of the molecule is COC(=O)CC1CNCCC1CCC(O)c1c(F)cnc2ccc(OC)cc12.Cl. The van der Waals surface area contributed by atoms with E-state index < -0.39 is 11.9 Å². The Kier molecular flexibility index (Phi) is 8.61. The molecule has 3 unspecified atom stereocenters. The number of esters is 1. The predicted octanol–water partition coefficient (Wildman–Crippen LogP) is 3.41. The Balaban J connectivity index is 0.00000300. The van der Waals surface area contributed by atoms with E-state index in [1.54, 1.807) is 25.3 Å². The second-order valence-electron chi connectivity index (χ2n) is 7.29. The molecule has 0 spiro atoms. The summed E-state index contributed by atoms with van der Waals surface area (Å²) >= 11 is 0. The Hall–Kier alpha value is -1.96. The molecule has 0 saturated carbocycles. The third kappa shape index (κ3) is 5.56. The maximum absolute atomic E-state index is 14.5. The lowest BCUT2D eigenvalue weighted by Gasteiger charge is -2.32. The summed E-state index contributed by atoms with van der Waals surface area (Å²) < 4.78 is 24.6. The summed E-state index contributed by atoms with van der Waals surface area (Å²) in [6.45, 7) is 1.63. The van der Waals surface area contributed by atoms with Crippen molar-refractivity contribution in [3.05, 3.63) is 35.8 Å². The summed E-state index contributed by atoms with van der Waals surface area (Å²) in [7, 11) is 2.94. The smallest absolute Gasteiger partial charge is 0.305 e. The van der Waals surface area contributed by atoms with Crippen LogP contribution in [-0.2, 0) is 9.53 Å². The number of aliphatic hydroxyl groups is 1. The lowest BCUT2D eigenvalue weighted by Crippen LogP contribution is -2.38. The zero-order valence-electron chi connectivity index (χ0n) is 16.7. The number of ether oxygens (including phenoxy) is 2. The number of piperidine rings is 1. The Morgan fingerprint density at radius 1 is 1.38 bits per heavy atom. The van der Waals surface area contributed by atoms with Crippen molar-refractivity contribution in [3.8, 4) is 5.75 Å². The highest BCUT2D eigenvalue weighted by atomic mass is 35.5. The Labute approximate surface area is 176 Å². The number of rotatable bonds is 7. The first-order chi connectivity index (χ1) is 13.5. The van der Waals surface area contributed by atoms with Gasteiger partial charge in [-0.3, -0.25) is 9.78 Å². The van der Waals surface area contributed by atoms with Crippen molar-refractivity contribution in [3.63, 3.8) is 0 Å². The van der Waals surface area contributed by atoms with Gasteiger partial charge in [0.2, 0.25) is 0 Å². The minimum absolute atomic E-state index is 0. The predicted molar refractivity (Wildman–Crippen MR) is 111 cm³/mol. The monoisotopic (exact) mass is 426 g/mol. The first kappa shape index (κ1) is 23.3. The molecule has 1 aromatic carbocycles. The van der Waals surface area contributed by atoms with Crippen LogP contribution in [0.1, 0.15) is 37.4 Å². The normalized spacial score (nSPS) is 20.0. The molecule has 1 fully saturated rings. The number of methoxy groups -OCH3 is 2. The van der Waals surface area contributed by atoms with E-state index in [-0.39, 0.29) is 35.8 Å². The van der Waals surface area contributed by atoms with Gasteiger partial charge in [0.15, 0.2) is 0 Å². The van der Waals surface area contributed by atoms with E-state index in [0.717, 1.165) is 25.7 Å². The number of carbonyl (C=O) groups excluding carboxylic acids is 1. The quantitative estimate of drug-likeness (QED) is 0.660. The molecule has 3 atom stereocenters. The minimum atomic E-state index is -0.953. The number of carbonyl (C=O) groups is 1. The molecule has 1 aromatic heterocycles. The second-order valence-corrected chi connectivity index (χ2v) is 7.29. The lowest BCUT2D eigenvalue weighted by atomic mass is 9.80. The van der Waals surface area contributed by atoms with Crippen LogP contribution in [0, 0.1) is 17.7 Å². The van der Waals surface area contributed by atoms with E-state index in [9.17, 15) is 14.3 Å². The molecule has 160 valence electrons. The molecule has 2 heterocycles. The standard InChI is InChI=1S/C21H27FN2O4.ClH/c1-27-15-4-5-18-16(10-15)21(17(22)12-24-18)19(25)6-3-13-7-8-23-11-14(13)9-20(26)28-2;/h4-5,10,12-14,19,23,25H,3,6-9,11H2,1-2H3;1H. The van der Waals surface area contributed by atoms with Gasteiger partial charge in [0.25, 0.3) is 0 Å². The molecule has 2 N–H and O–H groups in total. The molecule has 6 nitrogen and oxygen atoms in total. The fourth-order valence-electron chi connectivity index (χ4n) is 4.04. The molecule has 2 aromatic rings. The molecule has 0 amide bonds. The molecule has 1 aliphatic rings. The molecule has 3 rings (SSSR count). The largest absolute Gasteiger partial charge is 0.497 e. The van der Waals surface area contributed by atoms with Crippen LogP contribution in [0.15, 0.2) is 24.4 Å². The maximum atomic E-state index is 14.5. The van der Waals surface area contributed by atoms with Crippen LogP contribution in [0.4, 0.5) is 4.39 Å². The molecule has 8 heteroatoms. The zero-order valence-corrected chi connectivity index (χ0v) is 17.5. The second kappa shape index (κ2) is 10.7. The van der Waals surface area contributed by atoms with Crippen LogP contribution in [0.3, 0.4) is 0 Å². The van der Waals surface area contributed by atoms with Gasteiger partial charge in [-0.05, 0) is 62.4 Å². The summed E-state index contributed by atoms with van der Waals surface area (Å²) in [5.74, 6) is 0.278. The third-order valence-corrected chi connectivity index (χ3v) is 5.63. The van der Waals surface area contributed by atoms with E-state index in [2.05, 4.69) is 10.3 Å². The van der Waals surface area contributed by atoms with E-state index in [1.165, 1.54) is 7.11 Å². The topological polar surface area (TPSA) is 80.7 Å². The van der Waals surface area contributed by atoms with Gasteiger partial charge in [0.1, 0.15) is 11.6 Å². The van der Waals surface area contributed by atoms with Crippen molar-refractivity contribution in [1.82, 2.24) is 10.3 Å². The van der Waals surface area contributed by atoms with Crippen molar-refractivity contribution in [1.29, 1.82) is 0 Å². The summed E-state index contributed by atoms with van der Waals surface area (Å²) in [6, 6.07) is 5.22. The van der Waals surface area contributed by atoms with E-state index in [4.69, 9.17) is 9.47 Å². The fourth-order valence-corrected chi connectivity index (χ4v) is 4.04. The van der Waals surface area contributed by atoms with E-state index in [1.807, 2.05) is 0 Å². The van der Waals surface area contributed by atoms with Crippen LogP contribution in [0.2, 0.25) is 0 Å². The van der Waals surface area contributed by atoms with E-state index >= 15 is 0 Å². The number of pyridine rings is 1. The summed E-state index contributed by atoms with van der Waals surface area (Å²) in [5.41, 5.74) is 0.865. The first-order valence-corrected chi connectivity index (χ1v) is 9.61. The molecule has 0 bridgehead atoms. The molecular formula is C21H28ClFN2O4. The minimum Gasteiger partial charge on any atom is -0.497 e. The average Bonchev–Trinajstić information content (AvgIpc) is 2.72. The zero-order chi connectivity index (χ0) is 20.1. The molecule has 1 aliphatic heterocycles. The van der Waals surface area contributed by atoms with Gasteiger partial charge >= 0.3 is 5.97 Å². The highest BCUT2D eigenvalue weighted by Gasteiger charge is 2.28. The number of hydrogen-bond donors (Lipinski definition) is 2. The van der Waals surface area contributed by atoms with Crippen LogP contribution in [-0.4, -0.2) is 43.4 Å². The number of halogens is 2. The summed E-state index contributed by atoms with van der Waals surface area (Å²) in [4.78, 5) is 15.8. The number of aromatic nitrogens is 1. The average molecular weight is 427 g/mol. The number of hydrogen-bond acceptors (Lipinski definition) is 6. The number of benzene rings is 1. The van der Waals surface area contributed by atoms with Gasteiger partial charge in [-0.1, -0.05) is 0 Å².